The first-order valence-electron chi connectivity index (χ1n) is 6.62. The van der Waals surface area contributed by atoms with Crippen molar-refractivity contribution in [2.75, 3.05) is 0 Å². The minimum absolute atomic E-state index is 0.139. The minimum atomic E-state index is -0.139. The highest BCUT2D eigenvalue weighted by molar-refractivity contribution is 5.86. The first kappa shape index (κ1) is 11.3. The Morgan fingerprint density at radius 2 is 1.90 bits per heavy atom. The number of hydrogen-bond acceptors (Lipinski definition) is 3. The van der Waals surface area contributed by atoms with E-state index in [-0.39, 0.29) is 11.5 Å². The van der Waals surface area contributed by atoms with Crippen LogP contribution < -0.4 is 5.56 Å². The molecule has 20 heavy (non-hydrogen) atoms. The van der Waals surface area contributed by atoms with Gasteiger partial charge in [-0.1, -0.05) is 18.2 Å². The molecule has 1 N–H and O–H groups in total. The highest BCUT2D eigenvalue weighted by atomic mass is 16.1. The van der Waals surface area contributed by atoms with E-state index >= 15 is 0 Å². The Bertz CT molecular complexity index is 911. The van der Waals surface area contributed by atoms with Gasteiger partial charge < -0.3 is 0 Å². The largest absolute Gasteiger partial charge is 0.272 e. The molecule has 1 atom stereocenters. The molecule has 4 rings (SSSR count). The summed E-state index contributed by atoms with van der Waals surface area (Å²) in [5.74, 6) is 0.179. The Hall–Kier alpha value is -2.49. The fourth-order valence-electron chi connectivity index (χ4n) is 3.04. The van der Waals surface area contributed by atoms with Gasteiger partial charge in [0.15, 0.2) is 0 Å². The lowest BCUT2D eigenvalue weighted by atomic mass is 10.1. The van der Waals surface area contributed by atoms with E-state index in [2.05, 4.69) is 21.2 Å². The molecule has 1 aliphatic rings. The van der Waals surface area contributed by atoms with Crippen molar-refractivity contribution in [2.24, 2.45) is 0 Å². The molecule has 0 radical (unpaired) electrons. The Labute approximate surface area is 115 Å². The molecule has 0 spiro atoms. The predicted octanol–water partition coefficient (Wildman–Crippen LogP) is 2.43. The molecule has 0 bridgehead atoms. The SMILES string of the molecule is Cc1cc2c(c(C)n1)C2c1n[nH]c(=O)c2ccccc12. The lowest BCUT2D eigenvalue weighted by Crippen LogP contribution is -2.10. The molecule has 4 heteroatoms. The van der Waals surface area contributed by atoms with Crippen LogP contribution in [0.5, 0.6) is 0 Å². The van der Waals surface area contributed by atoms with Gasteiger partial charge in [-0.3, -0.25) is 9.78 Å². The number of pyridine rings is 1. The molecule has 2 aromatic heterocycles. The summed E-state index contributed by atoms with van der Waals surface area (Å²) in [6.45, 7) is 4.03. The molecular weight excluding hydrogens is 250 g/mol. The molecule has 4 nitrogen and oxygen atoms in total. The van der Waals surface area contributed by atoms with E-state index in [9.17, 15) is 4.79 Å². The van der Waals surface area contributed by atoms with Crippen LogP contribution in [-0.4, -0.2) is 15.2 Å². The quantitative estimate of drug-likeness (QED) is 0.574. The van der Waals surface area contributed by atoms with Gasteiger partial charge in [0.1, 0.15) is 0 Å². The molecule has 1 unspecified atom stereocenters. The van der Waals surface area contributed by atoms with E-state index in [4.69, 9.17) is 0 Å². The number of hydrogen-bond donors (Lipinski definition) is 1. The van der Waals surface area contributed by atoms with Crippen LogP contribution in [0.25, 0.3) is 10.8 Å². The van der Waals surface area contributed by atoms with E-state index in [0.29, 0.717) is 5.39 Å². The van der Waals surface area contributed by atoms with Gasteiger partial charge in [0.2, 0.25) is 0 Å². The summed E-state index contributed by atoms with van der Waals surface area (Å²) in [7, 11) is 0. The Balaban J connectivity index is 1.96. The van der Waals surface area contributed by atoms with Gasteiger partial charge in [-0.05, 0) is 37.1 Å². The maximum atomic E-state index is 11.8. The van der Waals surface area contributed by atoms with Crippen molar-refractivity contribution >= 4 is 10.8 Å². The minimum Gasteiger partial charge on any atom is -0.267 e. The van der Waals surface area contributed by atoms with Crippen LogP contribution in [0.1, 0.15) is 34.1 Å². The summed E-state index contributed by atoms with van der Waals surface area (Å²) in [6, 6.07) is 9.72. The molecule has 98 valence electrons. The smallest absolute Gasteiger partial charge is 0.267 e. The van der Waals surface area contributed by atoms with Crippen molar-refractivity contribution < 1.29 is 0 Å². The lowest BCUT2D eigenvalue weighted by molar-refractivity contribution is 0.927. The summed E-state index contributed by atoms with van der Waals surface area (Å²) < 4.78 is 0. The number of aromatic nitrogens is 3. The second-order valence-corrected chi connectivity index (χ2v) is 5.27. The average molecular weight is 263 g/mol. The van der Waals surface area contributed by atoms with Crippen molar-refractivity contribution in [3.63, 3.8) is 0 Å². The van der Waals surface area contributed by atoms with Crippen molar-refractivity contribution in [1.29, 1.82) is 0 Å². The lowest BCUT2D eigenvalue weighted by Gasteiger charge is -2.02. The molecular formula is C16H13N3O. The Morgan fingerprint density at radius 1 is 1.15 bits per heavy atom. The Kier molecular flexibility index (Phi) is 2.13. The highest BCUT2D eigenvalue weighted by Crippen LogP contribution is 2.50. The molecule has 1 aliphatic carbocycles. The van der Waals surface area contributed by atoms with Gasteiger partial charge in [0.25, 0.3) is 5.56 Å². The zero-order valence-corrected chi connectivity index (χ0v) is 11.3. The normalized spacial score (nSPS) is 16.2. The summed E-state index contributed by atoms with van der Waals surface area (Å²) in [5, 5.41) is 8.51. The second-order valence-electron chi connectivity index (χ2n) is 5.27. The number of nitrogens with one attached hydrogen (secondary N) is 1. The predicted molar refractivity (Wildman–Crippen MR) is 77.0 cm³/mol. The molecule has 1 aromatic carbocycles. The average Bonchev–Trinajstić information content (AvgIpc) is 3.14. The number of aryl methyl sites for hydroxylation is 2. The third-order valence-corrected chi connectivity index (χ3v) is 3.92. The van der Waals surface area contributed by atoms with E-state index < -0.39 is 0 Å². The Morgan fingerprint density at radius 3 is 2.70 bits per heavy atom. The molecule has 0 fully saturated rings. The topological polar surface area (TPSA) is 58.6 Å². The number of nitrogens with zero attached hydrogens (tertiary/aromatic N) is 2. The molecule has 0 saturated carbocycles. The van der Waals surface area contributed by atoms with Gasteiger partial charge in [0, 0.05) is 16.8 Å². The van der Waals surface area contributed by atoms with Crippen LogP contribution in [0.4, 0.5) is 0 Å². The van der Waals surface area contributed by atoms with Crippen LogP contribution >= 0.6 is 0 Å². The van der Waals surface area contributed by atoms with Gasteiger partial charge in [0.05, 0.1) is 17.0 Å². The van der Waals surface area contributed by atoms with Crippen molar-refractivity contribution in [3.8, 4) is 0 Å². The van der Waals surface area contributed by atoms with Gasteiger partial charge >= 0.3 is 0 Å². The fraction of sp³-hybridized carbons (Fsp3) is 0.188. The van der Waals surface area contributed by atoms with Crippen LogP contribution in [-0.2, 0) is 0 Å². The van der Waals surface area contributed by atoms with Crippen LogP contribution in [0, 0.1) is 13.8 Å². The monoisotopic (exact) mass is 263 g/mol. The van der Waals surface area contributed by atoms with Crippen molar-refractivity contribution in [3.05, 3.63) is 68.9 Å². The van der Waals surface area contributed by atoms with Gasteiger partial charge in [-0.25, -0.2) is 5.10 Å². The number of benzene rings is 1. The van der Waals surface area contributed by atoms with Gasteiger partial charge in [-0.15, -0.1) is 0 Å². The van der Waals surface area contributed by atoms with Crippen molar-refractivity contribution in [2.45, 2.75) is 19.8 Å². The van der Waals surface area contributed by atoms with E-state index in [1.165, 1.54) is 11.1 Å². The van der Waals surface area contributed by atoms with Crippen LogP contribution in [0.2, 0.25) is 0 Å². The zero-order valence-electron chi connectivity index (χ0n) is 11.3. The summed E-state index contributed by atoms with van der Waals surface area (Å²) >= 11 is 0. The number of H-pyrrole nitrogens is 1. The summed E-state index contributed by atoms with van der Waals surface area (Å²) in [4.78, 5) is 16.3. The maximum Gasteiger partial charge on any atom is 0.272 e. The highest BCUT2D eigenvalue weighted by Gasteiger charge is 2.39. The first-order chi connectivity index (χ1) is 9.66. The van der Waals surface area contributed by atoms with Gasteiger partial charge in [-0.2, -0.15) is 5.10 Å². The van der Waals surface area contributed by atoms with Crippen LogP contribution in [0.3, 0.4) is 0 Å². The molecule has 2 heterocycles. The van der Waals surface area contributed by atoms with Crippen LogP contribution in [0.15, 0.2) is 35.1 Å². The first-order valence-corrected chi connectivity index (χ1v) is 6.62. The second kappa shape index (κ2) is 3.76. The summed E-state index contributed by atoms with van der Waals surface area (Å²) in [5.41, 5.74) is 5.39. The van der Waals surface area contributed by atoms with E-state index in [0.717, 1.165) is 22.5 Å². The fourth-order valence-corrected chi connectivity index (χ4v) is 3.04. The van der Waals surface area contributed by atoms with E-state index in [1.807, 2.05) is 38.1 Å². The summed E-state index contributed by atoms with van der Waals surface area (Å²) in [6.07, 6.45) is 0. The molecule has 3 aromatic rings. The number of rotatable bonds is 1. The third-order valence-electron chi connectivity index (χ3n) is 3.92. The number of fused-ring (bicyclic) bond motifs is 2. The number of aromatic amines is 1. The molecule has 0 aliphatic heterocycles. The standard InChI is InChI=1S/C16H13N3O/c1-8-7-12-13(9(2)17-8)14(12)15-10-5-3-4-6-11(10)16(20)19-18-15/h3-7,14H,1-2H3,(H,19,20). The third kappa shape index (κ3) is 1.45. The maximum absolute atomic E-state index is 11.8. The molecule has 0 amide bonds. The van der Waals surface area contributed by atoms with Crippen molar-refractivity contribution in [1.82, 2.24) is 15.2 Å². The van der Waals surface area contributed by atoms with E-state index in [1.54, 1.807) is 0 Å². The zero-order chi connectivity index (χ0) is 13.9. The molecule has 0 saturated heterocycles.